The zero-order chi connectivity index (χ0) is 14.6. The van der Waals surface area contributed by atoms with Gasteiger partial charge in [0.05, 0.1) is 0 Å². The first-order valence-corrected chi connectivity index (χ1v) is 7.31. The van der Waals surface area contributed by atoms with Gasteiger partial charge in [-0.3, -0.25) is 9.59 Å². The second kappa shape index (κ2) is 6.40. The third-order valence-electron chi connectivity index (χ3n) is 3.78. The first-order chi connectivity index (χ1) is 8.70. The second-order valence-electron chi connectivity index (χ2n) is 6.91. The molecule has 1 rings (SSSR count). The summed E-state index contributed by atoms with van der Waals surface area (Å²) in [7, 11) is 0. The van der Waals surface area contributed by atoms with Gasteiger partial charge in [-0.05, 0) is 38.5 Å². The van der Waals surface area contributed by atoms with Gasteiger partial charge in [-0.2, -0.15) is 0 Å². The predicted octanol–water partition coefficient (Wildman–Crippen LogP) is 2.23. The summed E-state index contributed by atoms with van der Waals surface area (Å²) < 4.78 is 0. The van der Waals surface area contributed by atoms with E-state index in [1.165, 1.54) is 12.8 Å². The molecule has 2 N–H and O–H groups in total. The fourth-order valence-corrected chi connectivity index (χ4v) is 2.21. The smallest absolute Gasteiger partial charge is 0.242 e. The lowest BCUT2D eigenvalue weighted by atomic mass is 9.87. The van der Waals surface area contributed by atoms with Crippen LogP contribution in [0.5, 0.6) is 0 Å². The molecule has 1 saturated carbocycles. The maximum atomic E-state index is 12.0. The van der Waals surface area contributed by atoms with Gasteiger partial charge < -0.3 is 10.6 Å². The van der Waals surface area contributed by atoms with Gasteiger partial charge in [0.2, 0.25) is 11.8 Å². The van der Waals surface area contributed by atoms with Crippen LogP contribution in [-0.2, 0) is 9.59 Å². The lowest BCUT2D eigenvalue weighted by Gasteiger charge is -2.28. The molecule has 0 heterocycles. The monoisotopic (exact) mass is 268 g/mol. The lowest BCUT2D eigenvalue weighted by molar-refractivity contribution is -0.133. The van der Waals surface area contributed by atoms with Gasteiger partial charge in [-0.1, -0.05) is 27.7 Å². The molecule has 0 radical (unpaired) electrons. The highest BCUT2D eigenvalue weighted by Gasteiger charge is 2.26. The zero-order valence-electron chi connectivity index (χ0n) is 12.9. The van der Waals surface area contributed by atoms with Crippen LogP contribution in [-0.4, -0.2) is 23.9 Å². The fraction of sp³-hybridized carbons (Fsp3) is 0.867. The maximum Gasteiger partial charge on any atom is 0.242 e. The number of rotatable bonds is 3. The Morgan fingerprint density at radius 2 is 1.63 bits per heavy atom. The van der Waals surface area contributed by atoms with Crippen molar-refractivity contribution in [2.75, 3.05) is 0 Å². The van der Waals surface area contributed by atoms with Crippen molar-refractivity contribution >= 4 is 11.8 Å². The Morgan fingerprint density at radius 3 is 2.11 bits per heavy atom. The Balaban J connectivity index is 2.39. The summed E-state index contributed by atoms with van der Waals surface area (Å²) in [5.41, 5.74) is -0.463. The highest BCUT2D eigenvalue weighted by molar-refractivity contribution is 5.89. The number of carbonyl (C=O) groups is 2. The Labute approximate surface area is 116 Å². The molecule has 1 aliphatic rings. The average Bonchev–Trinajstić information content (AvgIpc) is 2.30. The minimum atomic E-state index is -0.467. The summed E-state index contributed by atoms with van der Waals surface area (Å²) in [4.78, 5) is 23.9. The molecule has 4 heteroatoms. The molecule has 1 atom stereocenters. The summed E-state index contributed by atoms with van der Waals surface area (Å²) in [6.07, 6.45) is 4.45. The maximum absolute atomic E-state index is 12.0. The van der Waals surface area contributed by atoms with Gasteiger partial charge >= 0.3 is 0 Å². The molecule has 0 aromatic rings. The van der Waals surface area contributed by atoms with Crippen LogP contribution in [0.15, 0.2) is 0 Å². The Kier molecular flexibility index (Phi) is 5.39. The van der Waals surface area contributed by atoms with Gasteiger partial charge in [0, 0.05) is 11.5 Å². The van der Waals surface area contributed by atoms with E-state index in [0.29, 0.717) is 0 Å². The van der Waals surface area contributed by atoms with Crippen LogP contribution in [0.3, 0.4) is 0 Å². The molecule has 1 aliphatic carbocycles. The molecule has 4 nitrogen and oxygen atoms in total. The summed E-state index contributed by atoms with van der Waals surface area (Å²) >= 11 is 0. The van der Waals surface area contributed by atoms with Gasteiger partial charge in [0.1, 0.15) is 6.04 Å². The normalized spacial score (nSPS) is 25.5. The zero-order valence-corrected chi connectivity index (χ0v) is 12.9. The SMILES string of the molecule is CC1CCC(NC(=O)[C@@H](C)NC(=O)C(C)(C)C)CC1. The average molecular weight is 268 g/mol. The van der Waals surface area contributed by atoms with E-state index in [1.54, 1.807) is 6.92 Å². The number of amides is 2. The van der Waals surface area contributed by atoms with E-state index in [2.05, 4.69) is 17.6 Å². The van der Waals surface area contributed by atoms with Gasteiger partial charge in [-0.15, -0.1) is 0 Å². The van der Waals surface area contributed by atoms with Gasteiger partial charge in [-0.25, -0.2) is 0 Å². The molecule has 0 aliphatic heterocycles. The molecule has 110 valence electrons. The molecule has 2 amide bonds. The van der Waals surface area contributed by atoms with Crippen LogP contribution < -0.4 is 10.6 Å². The molecular formula is C15H28N2O2. The topological polar surface area (TPSA) is 58.2 Å². The predicted molar refractivity (Wildman–Crippen MR) is 76.6 cm³/mol. The van der Waals surface area contributed by atoms with Crippen LogP contribution in [0.4, 0.5) is 0 Å². The third-order valence-corrected chi connectivity index (χ3v) is 3.78. The molecule has 0 aromatic heterocycles. The van der Waals surface area contributed by atoms with E-state index in [1.807, 2.05) is 20.8 Å². The van der Waals surface area contributed by atoms with E-state index < -0.39 is 11.5 Å². The summed E-state index contributed by atoms with van der Waals surface area (Å²) in [6, 6.07) is -0.191. The molecule has 0 aromatic carbocycles. The molecular weight excluding hydrogens is 240 g/mol. The molecule has 0 spiro atoms. The first-order valence-electron chi connectivity index (χ1n) is 7.31. The molecule has 0 unspecified atom stereocenters. The van der Waals surface area contributed by atoms with Crippen molar-refractivity contribution in [3.63, 3.8) is 0 Å². The summed E-state index contributed by atoms with van der Waals surface area (Å²) in [5.74, 6) is 0.607. The number of carbonyl (C=O) groups excluding carboxylic acids is 2. The van der Waals surface area contributed by atoms with Crippen molar-refractivity contribution in [3.8, 4) is 0 Å². The quantitative estimate of drug-likeness (QED) is 0.824. The van der Waals surface area contributed by atoms with E-state index in [4.69, 9.17) is 0 Å². The third kappa shape index (κ3) is 5.21. The van der Waals surface area contributed by atoms with Crippen molar-refractivity contribution in [2.24, 2.45) is 11.3 Å². The highest BCUT2D eigenvalue weighted by atomic mass is 16.2. The highest BCUT2D eigenvalue weighted by Crippen LogP contribution is 2.23. The molecule has 19 heavy (non-hydrogen) atoms. The number of hydrogen-bond acceptors (Lipinski definition) is 2. The minimum absolute atomic E-state index is 0.0721. The summed E-state index contributed by atoms with van der Waals surface area (Å²) in [6.45, 7) is 9.52. The van der Waals surface area contributed by atoms with Crippen molar-refractivity contribution < 1.29 is 9.59 Å². The van der Waals surface area contributed by atoms with E-state index in [0.717, 1.165) is 18.8 Å². The van der Waals surface area contributed by atoms with Crippen LogP contribution in [0, 0.1) is 11.3 Å². The van der Waals surface area contributed by atoms with Gasteiger partial charge in [0.25, 0.3) is 0 Å². The summed E-state index contributed by atoms with van der Waals surface area (Å²) in [5, 5.41) is 5.81. The van der Waals surface area contributed by atoms with E-state index in [-0.39, 0.29) is 17.9 Å². The minimum Gasteiger partial charge on any atom is -0.352 e. The molecule has 0 bridgehead atoms. The van der Waals surface area contributed by atoms with E-state index >= 15 is 0 Å². The van der Waals surface area contributed by atoms with Crippen molar-refractivity contribution in [3.05, 3.63) is 0 Å². The van der Waals surface area contributed by atoms with Gasteiger partial charge in [0.15, 0.2) is 0 Å². The van der Waals surface area contributed by atoms with Crippen LogP contribution in [0.25, 0.3) is 0 Å². The largest absolute Gasteiger partial charge is 0.352 e. The first kappa shape index (κ1) is 16.0. The standard InChI is InChI=1S/C15H28N2O2/c1-10-6-8-12(9-7-10)17-13(18)11(2)16-14(19)15(3,4)5/h10-12H,6-9H2,1-5H3,(H,16,19)(H,17,18)/t10?,11-,12?/m1/s1. The Morgan fingerprint density at radius 1 is 1.11 bits per heavy atom. The van der Waals surface area contributed by atoms with E-state index in [9.17, 15) is 9.59 Å². The fourth-order valence-electron chi connectivity index (χ4n) is 2.21. The van der Waals surface area contributed by atoms with Crippen LogP contribution >= 0.6 is 0 Å². The Hall–Kier alpha value is -1.06. The number of hydrogen-bond donors (Lipinski definition) is 2. The van der Waals surface area contributed by atoms with Crippen LogP contribution in [0.1, 0.15) is 60.3 Å². The van der Waals surface area contributed by atoms with Crippen LogP contribution in [0.2, 0.25) is 0 Å². The van der Waals surface area contributed by atoms with Crippen molar-refractivity contribution in [1.82, 2.24) is 10.6 Å². The molecule has 0 saturated heterocycles. The molecule has 1 fully saturated rings. The number of nitrogens with one attached hydrogen (secondary N) is 2. The van der Waals surface area contributed by atoms with Crippen molar-refractivity contribution in [1.29, 1.82) is 0 Å². The van der Waals surface area contributed by atoms with Crippen molar-refractivity contribution in [2.45, 2.75) is 72.4 Å². The lowest BCUT2D eigenvalue weighted by Crippen LogP contribution is -2.50. The Bertz CT molecular complexity index is 326. The second-order valence-corrected chi connectivity index (χ2v) is 6.91.